The molecule has 8 nitrogen and oxygen atoms in total. The number of hydrogen-bond acceptors (Lipinski definition) is 7. The van der Waals surface area contributed by atoms with Gasteiger partial charge in [0.2, 0.25) is 11.8 Å². The number of carboxylic acids is 1. The lowest BCUT2D eigenvalue weighted by molar-refractivity contribution is -0.255. The number of carbonyl (C=O) groups excluding carboxylic acids is 3. The molecule has 3 rings (SSSR count). The topological polar surface area (TPSA) is 111 Å². The van der Waals surface area contributed by atoms with Crippen molar-refractivity contribution in [2.45, 2.75) is 11.7 Å². The fraction of sp³-hybridized carbons (Fsp3) is 0.200. The molecule has 1 aliphatic rings. The second-order valence-electron chi connectivity index (χ2n) is 6.10. The number of nitrogens with one attached hydrogen (secondary N) is 1. The van der Waals surface area contributed by atoms with E-state index in [1.165, 1.54) is 24.3 Å². The SMILES string of the molecule is CN=C(Nc1cccc(OC)c1)S[C@@H]1CC(=O)N(c2ccc(C(=O)[O-])cc2)C1=O. The summed E-state index contributed by atoms with van der Waals surface area (Å²) in [5.74, 6) is -1.38. The summed E-state index contributed by atoms with van der Waals surface area (Å²) in [5, 5.41) is 13.8. The molecule has 0 aromatic heterocycles. The Morgan fingerprint density at radius 3 is 2.59 bits per heavy atom. The minimum Gasteiger partial charge on any atom is -0.545 e. The van der Waals surface area contributed by atoms with Crippen LogP contribution >= 0.6 is 11.8 Å². The number of aromatic carboxylic acids is 1. The van der Waals surface area contributed by atoms with Crippen LogP contribution in [0.5, 0.6) is 5.75 Å². The van der Waals surface area contributed by atoms with Gasteiger partial charge in [0, 0.05) is 25.2 Å². The third kappa shape index (κ3) is 4.57. The van der Waals surface area contributed by atoms with E-state index < -0.39 is 11.2 Å². The van der Waals surface area contributed by atoms with Gasteiger partial charge in [-0.3, -0.25) is 14.6 Å². The highest BCUT2D eigenvalue weighted by molar-refractivity contribution is 8.15. The van der Waals surface area contributed by atoms with Gasteiger partial charge < -0.3 is 20.0 Å². The molecule has 0 spiro atoms. The molecule has 1 fully saturated rings. The zero-order valence-corrected chi connectivity index (χ0v) is 16.6. The van der Waals surface area contributed by atoms with Crippen LogP contribution in [0.4, 0.5) is 11.4 Å². The molecule has 1 saturated heterocycles. The van der Waals surface area contributed by atoms with Crippen molar-refractivity contribution in [2.75, 3.05) is 24.4 Å². The van der Waals surface area contributed by atoms with Gasteiger partial charge >= 0.3 is 0 Å². The number of benzene rings is 2. The first kappa shape index (κ1) is 20.4. The molecule has 2 amide bonds. The van der Waals surface area contributed by atoms with E-state index in [1.807, 2.05) is 18.2 Å². The normalized spacial score (nSPS) is 16.8. The first-order valence-corrected chi connectivity index (χ1v) is 9.53. The van der Waals surface area contributed by atoms with Crippen molar-refractivity contribution >= 4 is 46.1 Å². The molecule has 0 radical (unpaired) electrons. The number of aliphatic imine (C=N–C) groups is 1. The van der Waals surface area contributed by atoms with Crippen molar-refractivity contribution in [1.82, 2.24) is 0 Å². The molecule has 1 atom stereocenters. The van der Waals surface area contributed by atoms with Gasteiger partial charge in [0.15, 0.2) is 5.17 Å². The number of carboxylic acid groups (broad SMARTS) is 1. The number of ether oxygens (including phenoxy) is 1. The van der Waals surface area contributed by atoms with E-state index in [2.05, 4.69) is 10.3 Å². The zero-order chi connectivity index (χ0) is 21.0. The van der Waals surface area contributed by atoms with Crippen molar-refractivity contribution in [2.24, 2.45) is 4.99 Å². The quantitative estimate of drug-likeness (QED) is 0.450. The van der Waals surface area contributed by atoms with Gasteiger partial charge in [-0.1, -0.05) is 30.0 Å². The van der Waals surface area contributed by atoms with Crippen LogP contribution in [-0.2, 0) is 9.59 Å². The second-order valence-corrected chi connectivity index (χ2v) is 7.29. The number of carbonyl (C=O) groups is 3. The lowest BCUT2D eigenvalue weighted by Crippen LogP contribution is -2.32. The maximum absolute atomic E-state index is 12.8. The third-order valence-corrected chi connectivity index (χ3v) is 5.41. The van der Waals surface area contributed by atoms with Gasteiger partial charge in [-0.25, -0.2) is 4.90 Å². The van der Waals surface area contributed by atoms with Gasteiger partial charge in [-0.2, -0.15) is 0 Å². The summed E-state index contributed by atoms with van der Waals surface area (Å²) in [6, 6.07) is 12.7. The van der Waals surface area contributed by atoms with Crippen molar-refractivity contribution < 1.29 is 24.2 Å². The largest absolute Gasteiger partial charge is 0.545 e. The highest BCUT2D eigenvalue weighted by Crippen LogP contribution is 2.31. The van der Waals surface area contributed by atoms with Crippen LogP contribution in [0.15, 0.2) is 53.5 Å². The van der Waals surface area contributed by atoms with Crippen LogP contribution in [0.1, 0.15) is 16.8 Å². The van der Waals surface area contributed by atoms with Gasteiger partial charge in [-0.05, 0) is 29.8 Å². The molecule has 1 aliphatic heterocycles. The second kappa shape index (κ2) is 8.78. The fourth-order valence-corrected chi connectivity index (χ4v) is 3.79. The lowest BCUT2D eigenvalue weighted by atomic mass is 10.2. The molecule has 2 aromatic carbocycles. The van der Waals surface area contributed by atoms with Crippen molar-refractivity contribution in [3.63, 3.8) is 0 Å². The molecule has 0 unspecified atom stereocenters. The number of amidine groups is 1. The molecular formula is C20H18N3O5S-. The smallest absolute Gasteiger partial charge is 0.247 e. The third-order valence-electron chi connectivity index (χ3n) is 4.24. The van der Waals surface area contributed by atoms with E-state index in [1.54, 1.807) is 20.2 Å². The van der Waals surface area contributed by atoms with E-state index in [-0.39, 0.29) is 23.8 Å². The van der Waals surface area contributed by atoms with Crippen LogP contribution in [-0.4, -0.2) is 42.4 Å². The van der Waals surface area contributed by atoms with E-state index in [9.17, 15) is 19.5 Å². The first-order chi connectivity index (χ1) is 13.9. The van der Waals surface area contributed by atoms with Gasteiger partial charge in [0.25, 0.3) is 0 Å². The van der Waals surface area contributed by atoms with Crippen molar-refractivity contribution in [1.29, 1.82) is 0 Å². The summed E-state index contributed by atoms with van der Waals surface area (Å²) in [6.45, 7) is 0. The number of methoxy groups -OCH3 is 1. The standard InChI is InChI=1S/C20H19N3O5S/c1-21-20(22-13-4-3-5-15(10-13)28-2)29-16-11-17(24)23(18(16)25)14-8-6-12(7-9-14)19(26)27/h3-10,16H,11H2,1-2H3,(H,21,22)(H,26,27)/p-1/t16-/m1/s1. The monoisotopic (exact) mass is 412 g/mol. The van der Waals surface area contributed by atoms with E-state index in [4.69, 9.17) is 4.74 Å². The average Bonchev–Trinajstić information content (AvgIpc) is 3.00. The summed E-state index contributed by atoms with van der Waals surface area (Å²) in [6.07, 6.45) is 0.0184. The predicted octanol–water partition coefficient (Wildman–Crippen LogP) is 1.52. The lowest BCUT2D eigenvalue weighted by Gasteiger charge is -2.16. The van der Waals surface area contributed by atoms with Gasteiger partial charge in [0.05, 0.1) is 18.8 Å². The summed E-state index contributed by atoms with van der Waals surface area (Å²) >= 11 is 1.16. The van der Waals surface area contributed by atoms with Crippen molar-refractivity contribution in [3.8, 4) is 5.75 Å². The van der Waals surface area contributed by atoms with Gasteiger partial charge in [0.1, 0.15) is 11.0 Å². The van der Waals surface area contributed by atoms with Crippen LogP contribution in [0, 0.1) is 0 Å². The summed E-state index contributed by atoms with van der Waals surface area (Å²) in [5.41, 5.74) is 1.04. The zero-order valence-electron chi connectivity index (χ0n) is 15.7. The number of thioether (sulfide) groups is 1. The highest BCUT2D eigenvalue weighted by Gasteiger charge is 2.40. The van der Waals surface area contributed by atoms with Crippen LogP contribution in [0.2, 0.25) is 0 Å². The number of rotatable bonds is 5. The number of amides is 2. The molecule has 9 heteroatoms. The molecular weight excluding hydrogens is 394 g/mol. The van der Waals surface area contributed by atoms with E-state index in [0.29, 0.717) is 16.6 Å². The maximum Gasteiger partial charge on any atom is 0.247 e. The van der Waals surface area contributed by atoms with Crippen molar-refractivity contribution in [3.05, 3.63) is 54.1 Å². The Kier molecular flexibility index (Phi) is 6.18. The number of nitrogens with zero attached hydrogens (tertiary/aromatic N) is 2. The Hall–Kier alpha value is -3.33. The Balaban J connectivity index is 1.72. The molecule has 0 bridgehead atoms. The Bertz CT molecular complexity index is 974. The van der Waals surface area contributed by atoms with Crippen LogP contribution < -0.4 is 20.1 Å². The number of hydrogen-bond donors (Lipinski definition) is 1. The molecule has 0 aliphatic carbocycles. The minimum absolute atomic E-state index is 0.0184. The molecule has 150 valence electrons. The van der Waals surface area contributed by atoms with Gasteiger partial charge in [-0.15, -0.1) is 0 Å². The summed E-state index contributed by atoms with van der Waals surface area (Å²) in [4.78, 5) is 41.3. The summed E-state index contributed by atoms with van der Waals surface area (Å²) in [7, 11) is 3.16. The fourth-order valence-electron chi connectivity index (χ4n) is 2.81. The highest BCUT2D eigenvalue weighted by atomic mass is 32.2. The maximum atomic E-state index is 12.8. The predicted molar refractivity (Wildman–Crippen MR) is 109 cm³/mol. The molecule has 29 heavy (non-hydrogen) atoms. The number of imide groups is 1. The molecule has 0 saturated carbocycles. The molecule has 2 aromatic rings. The van der Waals surface area contributed by atoms with Crippen LogP contribution in [0.3, 0.4) is 0 Å². The minimum atomic E-state index is -1.32. The van der Waals surface area contributed by atoms with E-state index >= 15 is 0 Å². The number of anilines is 2. The summed E-state index contributed by atoms with van der Waals surface area (Å²) < 4.78 is 5.19. The van der Waals surface area contributed by atoms with Crippen LogP contribution in [0.25, 0.3) is 0 Å². The molecule has 1 N–H and O–H groups in total. The Morgan fingerprint density at radius 1 is 1.24 bits per heavy atom. The average molecular weight is 412 g/mol. The Morgan fingerprint density at radius 2 is 1.97 bits per heavy atom. The Labute approximate surface area is 171 Å². The molecule has 1 heterocycles. The van der Waals surface area contributed by atoms with E-state index in [0.717, 1.165) is 22.3 Å². The first-order valence-electron chi connectivity index (χ1n) is 8.65.